The van der Waals surface area contributed by atoms with Crippen molar-refractivity contribution < 1.29 is 14.2 Å². The highest BCUT2D eigenvalue weighted by atomic mass is 35.5. The van der Waals surface area contributed by atoms with Gasteiger partial charge in [-0.05, 0) is 0 Å². The fourth-order valence-corrected chi connectivity index (χ4v) is 1.79. The molecule has 1 aliphatic rings. The van der Waals surface area contributed by atoms with E-state index in [1.165, 1.54) is 0 Å². The minimum absolute atomic E-state index is 0.175. The number of aromatic amines is 1. The second-order valence-corrected chi connectivity index (χ2v) is 4.33. The predicted molar refractivity (Wildman–Crippen MR) is 56.9 cm³/mol. The second-order valence-electron chi connectivity index (χ2n) is 3.92. The number of alkyl halides is 1. The van der Waals surface area contributed by atoms with Crippen molar-refractivity contribution >= 4 is 11.6 Å². The standard InChI is InChI=1S/C9H10ClFN2O4/c10-5-2-13(8(16)12-7(5)15)6-1-9(11,3-14)4-17-6/h2,6,14H,1,3-4H2,(H,12,15,16)/t6-,9-/m0/s1. The van der Waals surface area contributed by atoms with Gasteiger partial charge in [0, 0.05) is 12.6 Å². The molecule has 1 aromatic heterocycles. The molecule has 0 amide bonds. The fourth-order valence-electron chi connectivity index (χ4n) is 1.64. The van der Waals surface area contributed by atoms with Crippen LogP contribution in [0.1, 0.15) is 12.6 Å². The third-order valence-electron chi connectivity index (χ3n) is 2.59. The Kier molecular flexibility index (Phi) is 3.07. The Labute approximate surface area is 99.6 Å². The Hall–Kier alpha value is -1.18. The van der Waals surface area contributed by atoms with E-state index >= 15 is 0 Å². The van der Waals surface area contributed by atoms with E-state index in [2.05, 4.69) is 0 Å². The quantitative estimate of drug-likeness (QED) is 0.775. The molecule has 17 heavy (non-hydrogen) atoms. The van der Waals surface area contributed by atoms with Crippen molar-refractivity contribution in [1.29, 1.82) is 0 Å². The third-order valence-corrected chi connectivity index (χ3v) is 2.86. The molecule has 1 aliphatic heterocycles. The van der Waals surface area contributed by atoms with E-state index in [-0.39, 0.29) is 18.1 Å². The topological polar surface area (TPSA) is 84.3 Å². The van der Waals surface area contributed by atoms with E-state index in [1.807, 2.05) is 4.98 Å². The van der Waals surface area contributed by atoms with Gasteiger partial charge in [0.05, 0.1) is 13.2 Å². The van der Waals surface area contributed by atoms with Gasteiger partial charge < -0.3 is 9.84 Å². The maximum atomic E-state index is 13.7. The molecule has 0 spiro atoms. The van der Waals surface area contributed by atoms with Crippen LogP contribution in [0.5, 0.6) is 0 Å². The van der Waals surface area contributed by atoms with Crippen LogP contribution in [-0.2, 0) is 4.74 Å². The first kappa shape index (κ1) is 12.3. The normalized spacial score (nSPS) is 28.5. The molecule has 94 valence electrons. The monoisotopic (exact) mass is 264 g/mol. The van der Waals surface area contributed by atoms with Gasteiger partial charge in [-0.1, -0.05) is 11.6 Å². The molecule has 0 radical (unpaired) electrons. The summed E-state index contributed by atoms with van der Waals surface area (Å²) >= 11 is 5.57. The zero-order valence-corrected chi connectivity index (χ0v) is 9.41. The fraction of sp³-hybridized carbons (Fsp3) is 0.556. The van der Waals surface area contributed by atoms with E-state index < -0.39 is 29.8 Å². The van der Waals surface area contributed by atoms with E-state index in [1.54, 1.807) is 0 Å². The summed E-state index contributed by atoms with van der Waals surface area (Å²) in [6.45, 7) is -0.993. The number of aromatic nitrogens is 2. The van der Waals surface area contributed by atoms with Crippen LogP contribution in [0.15, 0.2) is 15.8 Å². The number of aliphatic hydroxyl groups excluding tert-OH is 1. The van der Waals surface area contributed by atoms with Gasteiger partial charge in [-0.2, -0.15) is 0 Å². The molecule has 1 saturated heterocycles. The SMILES string of the molecule is O=c1[nH]c(=O)n([C@@H]2C[C@](F)(CO)CO2)cc1Cl. The average molecular weight is 265 g/mol. The smallest absolute Gasteiger partial charge is 0.330 e. The Morgan fingerprint density at radius 2 is 2.41 bits per heavy atom. The number of aliphatic hydroxyl groups is 1. The van der Waals surface area contributed by atoms with E-state index in [0.717, 1.165) is 10.8 Å². The Morgan fingerprint density at radius 3 is 3.00 bits per heavy atom. The highest BCUT2D eigenvalue weighted by molar-refractivity contribution is 6.30. The zero-order chi connectivity index (χ0) is 12.6. The molecule has 1 fully saturated rings. The lowest BCUT2D eigenvalue weighted by Gasteiger charge is -2.14. The van der Waals surface area contributed by atoms with E-state index in [0.29, 0.717) is 0 Å². The molecule has 1 aromatic rings. The Balaban J connectivity index is 2.34. The summed E-state index contributed by atoms with van der Waals surface area (Å²) in [6.07, 6.45) is 0.0384. The number of hydrogen-bond donors (Lipinski definition) is 2. The first-order chi connectivity index (χ1) is 7.95. The lowest BCUT2D eigenvalue weighted by Crippen LogP contribution is -2.33. The van der Waals surface area contributed by atoms with Crippen LogP contribution in [0.2, 0.25) is 5.02 Å². The van der Waals surface area contributed by atoms with Gasteiger partial charge in [-0.3, -0.25) is 14.3 Å². The molecule has 2 N–H and O–H groups in total. The summed E-state index contributed by atoms with van der Waals surface area (Å²) in [5.74, 6) is 0. The van der Waals surface area contributed by atoms with Crippen LogP contribution in [-0.4, -0.2) is 33.5 Å². The summed E-state index contributed by atoms with van der Waals surface area (Å²) < 4.78 is 19.8. The highest BCUT2D eigenvalue weighted by Gasteiger charge is 2.41. The largest absolute Gasteiger partial charge is 0.393 e. The number of rotatable bonds is 2. The molecule has 6 nitrogen and oxygen atoms in total. The number of nitrogens with one attached hydrogen (secondary N) is 1. The van der Waals surface area contributed by atoms with E-state index in [4.69, 9.17) is 21.4 Å². The Bertz CT molecular complexity index is 543. The molecule has 2 heterocycles. The Morgan fingerprint density at radius 1 is 1.71 bits per heavy atom. The molecular formula is C9H10ClFN2O4. The molecule has 2 rings (SSSR count). The predicted octanol–water partition coefficient (Wildman–Crippen LogP) is -0.190. The van der Waals surface area contributed by atoms with Crippen LogP contribution >= 0.6 is 11.6 Å². The van der Waals surface area contributed by atoms with Gasteiger partial charge in [0.25, 0.3) is 5.56 Å². The van der Waals surface area contributed by atoms with E-state index in [9.17, 15) is 14.0 Å². The minimum atomic E-state index is -1.87. The van der Waals surface area contributed by atoms with Crippen LogP contribution in [0.25, 0.3) is 0 Å². The lowest BCUT2D eigenvalue weighted by molar-refractivity contribution is 0.0273. The van der Waals surface area contributed by atoms with Gasteiger partial charge in [0.2, 0.25) is 0 Å². The molecule has 8 heteroatoms. The summed E-state index contributed by atoms with van der Waals surface area (Å²) in [7, 11) is 0. The zero-order valence-electron chi connectivity index (χ0n) is 8.65. The van der Waals surface area contributed by atoms with Gasteiger partial charge >= 0.3 is 5.69 Å². The van der Waals surface area contributed by atoms with Crippen LogP contribution in [0.3, 0.4) is 0 Å². The third kappa shape index (κ3) is 2.26. The van der Waals surface area contributed by atoms with Gasteiger partial charge in [-0.25, -0.2) is 9.18 Å². The first-order valence-corrected chi connectivity index (χ1v) is 5.25. The molecule has 0 saturated carbocycles. The van der Waals surface area contributed by atoms with Crippen molar-refractivity contribution in [3.63, 3.8) is 0 Å². The molecule has 2 atom stereocenters. The molecule has 0 bridgehead atoms. The minimum Gasteiger partial charge on any atom is -0.393 e. The van der Waals surface area contributed by atoms with Gasteiger partial charge in [0.1, 0.15) is 11.3 Å². The summed E-state index contributed by atoms with van der Waals surface area (Å²) in [6, 6.07) is 0. The number of H-pyrrole nitrogens is 1. The number of nitrogens with zero attached hydrogens (tertiary/aromatic N) is 1. The second kappa shape index (κ2) is 4.25. The lowest BCUT2D eigenvalue weighted by atomic mass is 10.1. The van der Waals surface area contributed by atoms with Crippen molar-refractivity contribution in [2.24, 2.45) is 0 Å². The molecule has 0 unspecified atom stereocenters. The first-order valence-electron chi connectivity index (χ1n) is 4.87. The highest BCUT2D eigenvalue weighted by Crippen LogP contribution is 2.33. The van der Waals surface area contributed by atoms with Crippen molar-refractivity contribution in [2.45, 2.75) is 18.3 Å². The molecule has 0 aliphatic carbocycles. The molecule has 0 aromatic carbocycles. The summed E-state index contributed by atoms with van der Waals surface area (Å²) in [5.41, 5.74) is -3.31. The van der Waals surface area contributed by atoms with Crippen molar-refractivity contribution in [3.8, 4) is 0 Å². The number of ether oxygens (including phenoxy) is 1. The maximum absolute atomic E-state index is 13.7. The van der Waals surface area contributed by atoms with Gasteiger partial charge in [0.15, 0.2) is 5.67 Å². The van der Waals surface area contributed by atoms with Crippen LogP contribution in [0.4, 0.5) is 4.39 Å². The van der Waals surface area contributed by atoms with Crippen LogP contribution < -0.4 is 11.2 Å². The number of halogens is 2. The van der Waals surface area contributed by atoms with Crippen molar-refractivity contribution in [1.82, 2.24) is 9.55 Å². The summed E-state index contributed by atoms with van der Waals surface area (Å²) in [5, 5.41) is 8.65. The number of hydrogen-bond acceptors (Lipinski definition) is 4. The van der Waals surface area contributed by atoms with Crippen molar-refractivity contribution in [3.05, 3.63) is 32.1 Å². The van der Waals surface area contributed by atoms with Crippen LogP contribution in [0, 0.1) is 0 Å². The maximum Gasteiger partial charge on any atom is 0.330 e. The van der Waals surface area contributed by atoms with Crippen molar-refractivity contribution in [2.75, 3.05) is 13.2 Å². The molecular weight excluding hydrogens is 255 g/mol. The summed E-state index contributed by atoms with van der Waals surface area (Å²) in [4.78, 5) is 24.5. The average Bonchev–Trinajstić information content (AvgIpc) is 2.67. The van der Waals surface area contributed by atoms with Gasteiger partial charge in [-0.15, -0.1) is 0 Å².